The first-order chi connectivity index (χ1) is 31.0. The van der Waals surface area contributed by atoms with Gasteiger partial charge in [0, 0.05) is 65.2 Å². The molecule has 0 bridgehead atoms. The quantitative estimate of drug-likeness (QED) is 0.0182. The highest BCUT2D eigenvalue weighted by atomic mass is 35.5. The fourth-order valence-electron chi connectivity index (χ4n) is 5.79. The molecule has 0 aliphatic rings. The molecule has 0 aliphatic carbocycles. The molecule has 0 unspecified atom stereocenters. The lowest BCUT2D eigenvalue weighted by atomic mass is 10.1. The third-order valence-electron chi connectivity index (χ3n) is 8.88. The summed E-state index contributed by atoms with van der Waals surface area (Å²) in [5.41, 5.74) is 31.3. The number of benzene rings is 4. The van der Waals surface area contributed by atoms with Crippen LogP contribution in [0.2, 0.25) is 10.6 Å². The Bertz CT molecular complexity index is 2460. The van der Waals surface area contributed by atoms with Gasteiger partial charge >= 0.3 is 0 Å². The largest absolute Gasteiger partial charge is 0.399 e. The van der Waals surface area contributed by atoms with Crippen molar-refractivity contribution in [2.45, 2.75) is 27.3 Å². The maximum Gasteiger partial charge on any atom is 0.233 e. The number of nitrogens with two attached hydrogens (primary N) is 5. The molecule has 0 saturated heterocycles. The molecule has 0 spiro atoms. The van der Waals surface area contributed by atoms with Crippen molar-refractivity contribution < 1.29 is 9.88 Å². The van der Waals surface area contributed by atoms with Crippen molar-refractivity contribution in [1.29, 1.82) is 0 Å². The number of quaternary nitrogens is 1. The van der Waals surface area contributed by atoms with Gasteiger partial charge in [-0.15, -0.1) is 0 Å². The highest BCUT2D eigenvalue weighted by molar-refractivity contribution is 8.76. The Labute approximate surface area is 391 Å². The van der Waals surface area contributed by atoms with Gasteiger partial charge in [-0.1, -0.05) is 51.9 Å². The molecule has 16 nitrogen and oxygen atoms in total. The SMILES string of the molecule is C/C=C(/N)c1ccccc1[NH2+]CC.CC[n+]1ccc(N)c2ccccc21.Nc1ccc(Nc2nc(Cl)nc(NCCSSCCNc3nc(Cl)nc(Nc4ccc(N)cc4)n3)n2)cc1. The second-order valence-corrected chi connectivity index (χ2v) is 16.9. The number of nitrogens with zero attached hydrogens (tertiary/aromatic N) is 7. The summed E-state index contributed by atoms with van der Waals surface area (Å²) >= 11 is 12.1. The van der Waals surface area contributed by atoms with Crippen LogP contribution in [0, 0.1) is 0 Å². The summed E-state index contributed by atoms with van der Waals surface area (Å²) in [4.78, 5) is 25.1. The van der Waals surface area contributed by atoms with E-state index in [2.05, 4.69) is 99.2 Å². The first-order valence-corrected chi connectivity index (χ1v) is 23.6. The number of rotatable bonds is 17. The molecular weight excluding hydrogens is 888 g/mol. The third kappa shape index (κ3) is 15.8. The van der Waals surface area contributed by atoms with E-state index in [1.807, 2.05) is 73.8 Å². The standard InChI is InChI=1S/C22H24Cl2N12S2.C11H12N2.C11H16N2/c23-17-31-19(35-21(33-17)29-15-5-1-13(25)2-6-15)27-9-11-37-38-12-10-28-20-32-18(24)34-22(36-20)30-16-7-3-14(26)4-8-16;1-2-13-8-7-10(12)9-5-3-4-6-11(9)13;1-3-10(12)9-7-5-6-8-11(9)13-4-2/h1-8H,9-12,25-26H2,(H2,27,29,31,33,35)(H2,28,30,32,34,36);3-8,12H,2H2,1H3;3,5-8,13H,4,12H2,1-2H3/p+2/b;;10-3+. The molecular formula is C44H54Cl2N16S2+2. The lowest BCUT2D eigenvalue weighted by Crippen LogP contribution is -2.77. The molecule has 0 amide bonds. The van der Waals surface area contributed by atoms with E-state index in [0.29, 0.717) is 48.3 Å². The Kier molecular flexibility index (Phi) is 19.6. The van der Waals surface area contributed by atoms with Gasteiger partial charge < -0.3 is 49.5 Å². The van der Waals surface area contributed by atoms with Crippen molar-refractivity contribution in [3.63, 3.8) is 0 Å². The first kappa shape index (κ1) is 48.7. The van der Waals surface area contributed by atoms with E-state index in [-0.39, 0.29) is 10.6 Å². The molecule has 7 aromatic rings. The predicted molar refractivity (Wildman–Crippen MR) is 270 cm³/mol. The molecule has 0 atom stereocenters. The van der Waals surface area contributed by atoms with Gasteiger partial charge in [0.05, 0.1) is 23.2 Å². The van der Waals surface area contributed by atoms with Crippen molar-refractivity contribution in [3.05, 3.63) is 132 Å². The molecule has 0 aliphatic heterocycles. The minimum absolute atomic E-state index is 0.0961. The van der Waals surface area contributed by atoms with Crippen LogP contribution in [0.15, 0.2) is 115 Å². The zero-order valence-corrected chi connectivity index (χ0v) is 38.9. The zero-order chi connectivity index (χ0) is 45.7. The molecule has 0 saturated carbocycles. The molecule has 334 valence electrons. The van der Waals surface area contributed by atoms with Gasteiger partial charge in [-0.3, -0.25) is 0 Å². The van der Waals surface area contributed by atoms with Crippen LogP contribution in [-0.2, 0) is 6.54 Å². The van der Waals surface area contributed by atoms with Gasteiger partial charge in [-0.25, -0.2) is 0 Å². The average molecular weight is 942 g/mol. The number of nitrogen functional groups attached to an aromatic ring is 3. The summed E-state index contributed by atoms with van der Waals surface area (Å²) in [6.07, 6.45) is 3.96. The Balaban J connectivity index is 0.000000239. The van der Waals surface area contributed by atoms with Gasteiger partial charge in [0.25, 0.3) is 0 Å². The summed E-state index contributed by atoms with van der Waals surface area (Å²) in [5.74, 6) is 3.12. The monoisotopic (exact) mass is 940 g/mol. The lowest BCUT2D eigenvalue weighted by molar-refractivity contribution is -0.667. The lowest BCUT2D eigenvalue weighted by Gasteiger charge is -2.09. The number of aryl methyl sites for hydroxylation is 1. The molecule has 20 heteroatoms. The fourth-order valence-corrected chi connectivity index (χ4v) is 7.92. The second kappa shape index (κ2) is 25.7. The number of pyridine rings is 1. The Hall–Kier alpha value is -6.31. The zero-order valence-electron chi connectivity index (χ0n) is 35.8. The van der Waals surface area contributed by atoms with Crippen LogP contribution in [0.3, 0.4) is 0 Å². The van der Waals surface area contributed by atoms with E-state index in [1.165, 1.54) is 11.2 Å². The maximum atomic E-state index is 6.05. The highest BCUT2D eigenvalue weighted by Crippen LogP contribution is 2.23. The molecule has 0 radical (unpaired) electrons. The molecule has 3 heterocycles. The number of anilines is 9. The Morgan fingerprint density at radius 3 is 1.67 bits per heavy atom. The van der Waals surface area contributed by atoms with Crippen LogP contribution in [0.4, 0.5) is 57.9 Å². The smallest absolute Gasteiger partial charge is 0.233 e. The number of para-hydroxylation sites is 2. The second-order valence-electron chi connectivity index (χ2n) is 13.5. The molecule has 14 N–H and O–H groups in total. The number of nitrogens with one attached hydrogen (secondary N) is 4. The van der Waals surface area contributed by atoms with Crippen LogP contribution in [-0.4, -0.2) is 61.0 Å². The number of fused-ring (bicyclic) bond motifs is 1. The van der Waals surface area contributed by atoms with Crippen molar-refractivity contribution in [2.75, 3.05) is 69.6 Å². The number of allylic oxidation sites excluding steroid dienone is 1. The number of halogens is 2. The van der Waals surface area contributed by atoms with E-state index in [0.717, 1.165) is 58.3 Å². The normalized spacial score (nSPS) is 10.9. The van der Waals surface area contributed by atoms with Gasteiger partial charge in [0.2, 0.25) is 39.9 Å². The molecule has 7 rings (SSSR count). The topological polar surface area (TPSA) is 250 Å². The van der Waals surface area contributed by atoms with E-state index < -0.39 is 0 Å². The van der Waals surface area contributed by atoms with Crippen molar-refractivity contribution in [1.82, 2.24) is 29.9 Å². The maximum absolute atomic E-state index is 6.05. The van der Waals surface area contributed by atoms with Crippen LogP contribution in [0.1, 0.15) is 26.3 Å². The minimum atomic E-state index is 0.0961. The molecule has 64 heavy (non-hydrogen) atoms. The predicted octanol–water partition coefficient (Wildman–Crippen LogP) is 7.87. The number of hydrogen-bond donors (Lipinski definition) is 9. The van der Waals surface area contributed by atoms with Crippen LogP contribution < -0.4 is 54.1 Å². The van der Waals surface area contributed by atoms with Gasteiger partial charge in [0.15, 0.2) is 6.20 Å². The van der Waals surface area contributed by atoms with Gasteiger partial charge in [0.1, 0.15) is 12.2 Å². The Morgan fingerprint density at radius 1 is 0.656 bits per heavy atom. The van der Waals surface area contributed by atoms with Crippen LogP contribution in [0.25, 0.3) is 16.6 Å². The van der Waals surface area contributed by atoms with E-state index in [4.69, 9.17) is 46.1 Å². The van der Waals surface area contributed by atoms with E-state index in [1.54, 1.807) is 45.9 Å². The van der Waals surface area contributed by atoms with Crippen LogP contribution in [0.5, 0.6) is 0 Å². The van der Waals surface area contributed by atoms with Crippen LogP contribution >= 0.6 is 44.8 Å². The third-order valence-corrected chi connectivity index (χ3v) is 11.6. The van der Waals surface area contributed by atoms with Crippen molar-refractivity contribution >= 4 is 119 Å². The summed E-state index contributed by atoms with van der Waals surface area (Å²) < 4.78 is 2.19. The highest BCUT2D eigenvalue weighted by Gasteiger charge is 2.10. The fraction of sp³-hybridized carbons (Fsp3) is 0.205. The molecule has 3 aromatic heterocycles. The summed E-state index contributed by atoms with van der Waals surface area (Å²) in [7, 11) is 3.42. The van der Waals surface area contributed by atoms with E-state index in [9.17, 15) is 0 Å². The van der Waals surface area contributed by atoms with Crippen molar-refractivity contribution in [3.8, 4) is 0 Å². The first-order valence-electron chi connectivity index (χ1n) is 20.4. The number of aromatic nitrogens is 7. The van der Waals surface area contributed by atoms with Crippen molar-refractivity contribution in [2.24, 2.45) is 5.73 Å². The summed E-state index contributed by atoms with van der Waals surface area (Å²) in [6.45, 7) is 9.52. The van der Waals surface area contributed by atoms with Gasteiger partial charge in [-0.05, 0) is 111 Å². The summed E-state index contributed by atoms with van der Waals surface area (Å²) in [6, 6.07) is 32.8. The number of hydrogen-bond acceptors (Lipinski definition) is 16. The average Bonchev–Trinajstić information content (AvgIpc) is 3.29. The Morgan fingerprint density at radius 2 is 1.16 bits per heavy atom. The van der Waals surface area contributed by atoms with Gasteiger partial charge in [-0.2, -0.15) is 34.5 Å². The molecule has 0 fully saturated rings. The minimum Gasteiger partial charge on any atom is -0.399 e. The molecule has 4 aromatic carbocycles. The van der Waals surface area contributed by atoms with E-state index >= 15 is 0 Å². The summed E-state index contributed by atoms with van der Waals surface area (Å²) in [5, 5.41) is 16.0.